The second-order valence-electron chi connectivity index (χ2n) is 8.84. The number of para-hydroxylation sites is 6. The molecular formula is C31H32N6O. The lowest BCUT2D eigenvalue weighted by Crippen LogP contribution is -2.17. The Morgan fingerprint density at radius 3 is 1.42 bits per heavy atom. The average molecular weight is 505 g/mol. The highest BCUT2D eigenvalue weighted by Gasteiger charge is 2.03. The number of amides is 1. The molecule has 2 heterocycles. The van der Waals surface area contributed by atoms with Gasteiger partial charge in [-0.15, -0.1) is 0 Å². The third-order valence-electron chi connectivity index (χ3n) is 5.97. The van der Waals surface area contributed by atoms with Gasteiger partial charge in [-0.2, -0.15) is 0 Å². The van der Waals surface area contributed by atoms with Gasteiger partial charge in [0.25, 0.3) is 0 Å². The minimum atomic E-state index is 0.718. The third-order valence-corrected chi connectivity index (χ3v) is 5.97. The lowest BCUT2D eigenvalue weighted by atomic mass is 10.2. The summed E-state index contributed by atoms with van der Waals surface area (Å²) in [5.41, 5.74) is 10.1. The first-order valence-corrected chi connectivity index (χ1v) is 12.7. The lowest BCUT2D eigenvalue weighted by molar-refractivity contribution is -0.109. The molecule has 0 fully saturated rings. The zero-order chi connectivity index (χ0) is 26.7. The van der Waals surface area contributed by atoms with Gasteiger partial charge in [-0.1, -0.05) is 48.5 Å². The Hall–Kier alpha value is -4.49. The maximum absolute atomic E-state index is 9.64. The summed E-state index contributed by atoms with van der Waals surface area (Å²) in [6.07, 6.45) is 1.71. The number of nitrogens with one attached hydrogen (secondary N) is 2. The SMILES string of the molecule is CNCCCNC=O.Cc1cccc2nc3ccccc3nc12.Cc1cccc2nc3ccccc3nc12. The first-order valence-electron chi connectivity index (χ1n) is 12.7. The number of nitrogens with zero attached hydrogens (tertiary/aromatic N) is 4. The summed E-state index contributed by atoms with van der Waals surface area (Å²) in [5.74, 6) is 0. The van der Waals surface area contributed by atoms with Crippen LogP contribution in [0.2, 0.25) is 0 Å². The third kappa shape index (κ3) is 6.63. The van der Waals surface area contributed by atoms with Crippen molar-refractivity contribution in [2.75, 3.05) is 20.1 Å². The normalized spacial score (nSPS) is 10.5. The standard InChI is InChI=1S/2C13H10N2.C5H12N2O/c2*1-9-5-4-8-12-13(9)15-11-7-3-2-6-10(11)14-12;1-6-3-2-4-7-5-8/h2*2-8H,1H3;5-6H,2-4H2,1H3,(H,7,8). The van der Waals surface area contributed by atoms with Crippen LogP contribution in [0.3, 0.4) is 0 Å². The van der Waals surface area contributed by atoms with Gasteiger partial charge < -0.3 is 10.6 Å². The van der Waals surface area contributed by atoms with E-state index in [0.717, 1.165) is 70.1 Å². The summed E-state index contributed by atoms with van der Waals surface area (Å²) in [5, 5.41) is 5.53. The van der Waals surface area contributed by atoms with Gasteiger partial charge in [0.05, 0.1) is 44.1 Å². The largest absolute Gasteiger partial charge is 0.359 e. The maximum Gasteiger partial charge on any atom is 0.207 e. The number of hydrogen-bond donors (Lipinski definition) is 2. The topological polar surface area (TPSA) is 92.7 Å². The fraction of sp³-hybridized carbons (Fsp3) is 0.194. The number of carbonyl (C=O) groups excluding carboxylic acids is 1. The molecule has 0 unspecified atom stereocenters. The Balaban J connectivity index is 0.000000140. The molecule has 0 atom stereocenters. The Kier molecular flexibility index (Phi) is 9.21. The highest BCUT2D eigenvalue weighted by molar-refractivity contribution is 5.88. The molecule has 192 valence electrons. The molecule has 2 N–H and O–H groups in total. The highest BCUT2D eigenvalue weighted by Crippen LogP contribution is 2.19. The van der Waals surface area contributed by atoms with E-state index in [4.69, 9.17) is 0 Å². The maximum atomic E-state index is 9.64. The number of rotatable bonds is 5. The van der Waals surface area contributed by atoms with E-state index in [-0.39, 0.29) is 0 Å². The summed E-state index contributed by atoms with van der Waals surface area (Å²) < 4.78 is 0. The zero-order valence-electron chi connectivity index (χ0n) is 22.0. The molecule has 4 aromatic carbocycles. The highest BCUT2D eigenvalue weighted by atomic mass is 16.1. The van der Waals surface area contributed by atoms with Gasteiger partial charge in [-0.25, -0.2) is 19.9 Å². The van der Waals surface area contributed by atoms with Crippen molar-refractivity contribution >= 4 is 50.5 Å². The molecule has 38 heavy (non-hydrogen) atoms. The van der Waals surface area contributed by atoms with Crippen molar-refractivity contribution in [1.29, 1.82) is 0 Å². The molecule has 7 heteroatoms. The van der Waals surface area contributed by atoms with E-state index >= 15 is 0 Å². The van der Waals surface area contributed by atoms with Crippen molar-refractivity contribution < 1.29 is 4.79 Å². The molecule has 2 aromatic heterocycles. The quantitative estimate of drug-likeness (QED) is 0.182. The molecule has 0 spiro atoms. The average Bonchev–Trinajstić information content (AvgIpc) is 2.95. The molecule has 0 aliphatic rings. The van der Waals surface area contributed by atoms with Crippen LogP contribution >= 0.6 is 0 Å². The lowest BCUT2D eigenvalue weighted by Gasteiger charge is -2.02. The molecule has 6 rings (SSSR count). The number of aryl methyl sites for hydroxylation is 2. The van der Waals surface area contributed by atoms with E-state index in [2.05, 4.69) is 56.5 Å². The predicted molar refractivity (Wildman–Crippen MR) is 156 cm³/mol. The van der Waals surface area contributed by atoms with Crippen LogP contribution in [0.4, 0.5) is 0 Å². The summed E-state index contributed by atoms with van der Waals surface area (Å²) in [7, 11) is 1.89. The second-order valence-corrected chi connectivity index (χ2v) is 8.84. The Labute approximate surface area is 222 Å². The Bertz CT molecular complexity index is 1550. The van der Waals surface area contributed by atoms with E-state index in [0.29, 0.717) is 0 Å². The molecular weight excluding hydrogens is 472 g/mol. The molecule has 0 saturated carbocycles. The number of benzene rings is 4. The van der Waals surface area contributed by atoms with Crippen molar-refractivity contribution in [2.24, 2.45) is 0 Å². The molecule has 0 radical (unpaired) electrons. The van der Waals surface area contributed by atoms with Crippen LogP contribution in [-0.2, 0) is 4.79 Å². The first-order chi connectivity index (χ1) is 18.6. The predicted octanol–water partition coefficient (Wildman–Crippen LogP) is 5.52. The van der Waals surface area contributed by atoms with Gasteiger partial charge >= 0.3 is 0 Å². The first kappa shape index (κ1) is 26.6. The Morgan fingerprint density at radius 2 is 1.00 bits per heavy atom. The van der Waals surface area contributed by atoms with Gasteiger partial charge in [0.2, 0.25) is 6.41 Å². The summed E-state index contributed by atoms with van der Waals surface area (Å²) in [6, 6.07) is 28.1. The van der Waals surface area contributed by atoms with Crippen LogP contribution in [0.25, 0.3) is 44.1 Å². The van der Waals surface area contributed by atoms with E-state index in [1.165, 1.54) is 11.1 Å². The van der Waals surface area contributed by atoms with Crippen molar-refractivity contribution in [2.45, 2.75) is 20.3 Å². The van der Waals surface area contributed by atoms with Crippen LogP contribution in [0.5, 0.6) is 0 Å². The summed E-state index contributed by atoms with van der Waals surface area (Å²) >= 11 is 0. The number of fused-ring (bicyclic) bond motifs is 4. The minimum absolute atomic E-state index is 0.718. The molecule has 0 saturated heterocycles. The molecule has 7 nitrogen and oxygen atoms in total. The number of aromatic nitrogens is 4. The van der Waals surface area contributed by atoms with E-state index in [1.807, 2.05) is 79.8 Å². The number of hydrogen-bond acceptors (Lipinski definition) is 6. The van der Waals surface area contributed by atoms with Gasteiger partial charge in [-0.05, 0) is 81.4 Å². The summed E-state index contributed by atoms with van der Waals surface area (Å²) in [4.78, 5) is 28.0. The molecule has 0 bridgehead atoms. The van der Waals surface area contributed by atoms with E-state index < -0.39 is 0 Å². The van der Waals surface area contributed by atoms with Gasteiger partial charge in [-0.3, -0.25) is 4.79 Å². The van der Waals surface area contributed by atoms with Crippen LogP contribution in [-0.4, -0.2) is 46.5 Å². The fourth-order valence-corrected chi connectivity index (χ4v) is 3.99. The van der Waals surface area contributed by atoms with Gasteiger partial charge in [0, 0.05) is 6.54 Å². The smallest absolute Gasteiger partial charge is 0.207 e. The number of carbonyl (C=O) groups is 1. The molecule has 0 aliphatic heterocycles. The van der Waals surface area contributed by atoms with Crippen molar-refractivity contribution in [3.05, 3.63) is 96.1 Å². The fourth-order valence-electron chi connectivity index (χ4n) is 3.99. The van der Waals surface area contributed by atoms with Gasteiger partial charge in [0.15, 0.2) is 0 Å². The van der Waals surface area contributed by atoms with Crippen LogP contribution < -0.4 is 10.6 Å². The minimum Gasteiger partial charge on any atom is -0.359 e. The van der Waals surface area contributed by atoms with Crippen LogP contribution in [0, 0.1) is 13.8 Å². The van der Waals surface area contributed by atoms with E-state index in [9.17, 15) is 4.79 Å². The second kappa shape index (κ2) is 13.2. The van der Waals surface area contributed by atoms with Crippen molar-refractivity contribution in [1.82, 2.24) is 30.6 Å². The summed E-state index contributed by atoms with van der Waals surface area (Å²) in [6.45, 7) is 5.85. The zero-order valence-corrected chi connectivity index (χ0v) is 22.0. The van der Waals surface area contributed by atoms with Crippen molar-refractivity contribution in [3.63, 3.8) is 0 Å². The molecule has 6 aromatic rings. The van der Waals surface area contributed by atoms with E-state index in [1.54, 1.807) is 0 Å². The van der Waals surface area contributed by atoms with Crippen LogP contribution in [0.15, 0.2) is 84.9 Å². The van der Waals surface area contributed by atoms with Crippen LogP contribution in [0.1, 0.15) is 17.5 Å². The Morgan fingerprint density at radius 1 is 0.579 bits per heavy atom. The van der Waals surface area contributed by atoms with Gasteiger partial charge in [0.1, 0.15) is 0 Å². The molecule has 0 aliphatic carbocycles. The van der Waals surface area contributed by atoms with Crippen molar-refractivity contribution in [3.8, 4) is 0 Å². The monoisotopic (exact) mass is 504 g/mol. The molecule has 1 amide bonds.